The van der Waals surface area contributed by atoms with E-state index in [1.165, 1.54) is 4.90 Å². The number of carbonyl (C=O) groups is 5. The normalized spacial score (nSPS) is 21.5. The number of carbonyl (C=O) groups excluding carboxylic acids is 5. The summed E-state index contributed by atoms with van der Waals surface area (Å²) >= 11 is 9.53. The average molecular weight is 592 g/mol. The Bertz CT molecular complexity index is 871. The largest absolute Gasteiger partial charge is 0.444 e. The molecule has 4 N–H and O–H groups in total. The van der Waals surface area contributed by atoms with Crippen LogP contribution < -0.4 is 16.4 Å². The third kappa shape index (κ3) is 10.4. The number of rotatable bonds is 9. The highest BCUT2D eigenvalue weighted by Gasteiger charge is 2.42. The van der Waals surface area contributed by atoms with Gasteiger partial charge < -0.3 is 26.0 Å². The van der Waals surface area contributed by atoms with Gasteiger partial charge in [0.1, 0.15) is 17.7 Å². The van der Waals surface area contributed by atoms with E-state index in [-0.39, 0.29) is 23.1 Å². The van der Waals surface area contributed by atoms with E-state index in [0.717, 1.165) is 51.4 Å². The molecule has 1 unspecified atom stereocenters. The second kappa shape index (κ2) is 15.6. The fourth-order valence-electron chi connectivity index (χ4n) is 5.50. The van der Waals surface area contributed by atoms with Crippen molar-refractivity contribution in [2.45, 2.75) is 115 Å². The van der Waals surface area contributed by atoms with Gasteiger partial charge in [0.2, 0.25) is 17.6 Å². The maximum absolute atomic E-state index is 13.8. The number of Topliss-reactive ketones (excluding diaryl/α,β-unsaturated/α-hetero) is 1. The van der Waals surface area contributed by atoms with Crippen molar-refractivity contribution in [2.75, 3.05) is 11.9 Å². The van der Waals surface area contributed by atoms with Crippen LogP contribution in [-0.4, -0.2) is 70.1 Å². The Morgan fingerprint density at radius 2 is 1.54 bits per heavy atom. The van der Waals surface area contributed by atoms with Crippen LogP contribution in [0.5, 0.6) is 0 Å². The molecule has 0 spiro atoms. The highest BCUT2D eigenvalue weighted by atomic mass is 35.5. The van der Waals surface area contributed by atoms with Crippen molar-refractivity contribution >= 4 is 52.8 Å². The van der Waals surface area contributed by atoms with E-state index in [1.54, 1.807) is 20.8 Å². The topological polar surface area (TPSA) is 148 Å². The number of alkyl halides is 2. The number of amides is 4. The van der Waals surface area contributed by atoms with Gasteiger partial charge in [0.05, 0.1) is 11.4 Å². The Morgan fingerprint density at radius 3 is 2.05 bits per heavy atom. The Labute approximate surface area is 241 Å². The Hall–Kier alpha value is -2.07. The summed E-state index contributed by atoms with van der Waals surface area (Å²) in [5, 5.41) is 5.71. The van der Waals surface area contributed by atoms with Crippen molar-refractivity contribution in [1.82, 2.24) is 15.5 Å². The van der Waals surface area contributed by atoms with Crippen molar-refractivity contribution in [3.63, 3.8) is 0 Å². The van der Waals surface area contributed by atoms with Crippen molar-refractivity contribution < 1.29 is 28.7 Å². The number of ketones is 1. The first-order valence-corrected chi connectivity index (χ1v) is 15.0. The summed E-state index contributed by atoms with van der Waals surface area (Å²) in [5.74, 6) is -2.41. The van der Waals surface area contributed by atoms with Crippen molar-refractivity contribution in [1.29, 1.82) is 0 Å². The van der Waals surface area contributed by atoms with Gasteiger partial charge in [-0.25, -0.2) is 4.79 Å². The maximum atomic E-state index is 13.8. The molecule has 3 rings (SSSR count). The first-order chi connectivity index (χ1) is 18.4. The quantitative estimate of drug-likeness (QED) is 0.276. The van der Waals surface area contributed by atoms with Crippen LogP contribution >= 0.6 is 23.2 Å². The minimum atomic E-state index is -1.07. The zero-order chi connectivity index (χ0) is 29.2. The third-order valence-corrected chi connectivity index (χ3v) is 7.57. The molecule has 1 saturated heterocycles. The molecule has 1 aliphatic heterocycles. The molecular formula is C27H44Cl2N4O6. The molecule has 0 aromatic rings. The summed E-state index contributed by atoms with van der Waals surface area (Å²) < 4.78 is 5.42. The molecular weight excluding hydrogens is 547 g/mol. The number of likely N-dealkylation sites (tertiary alicyclic amines) is 1. The average Bonchev–Trinajstić information content (AvgIpc) is 3.33. The Kier molecular flexibility index (Phi) is 13.3. The maximum Gasteiger partial charge on any atom is 0.408 e. The predicted molar refractivity (Wildman–Crippen MR) is 149 cm³/mol. The van der Waals surface area contributed by atoms with Gasteiger partial charge in [-0.3, -0.25) is 19.2 Å². The van der Waals surface area contributed by atoms with Gasteiger partial charge in [0.15, 0.2) is 0 Å². The van der Waals surface area contributed by atoms with Gasteiger partial charge in [-0.15, -0.1) is 23.2 Å². The number of ether oxygens (including phenoxy) is 1. The highest BCUT2D eigenvalue weighted by Crippen LogP contribution is 2.32. The van der Waals surface area contributed by atoms with Crippen LogP contribution in [0.15, 0.2) is 0 Å². The number of nitrogens with two attached hydrogens (primary N) is 1. The van der Waals surface area contributed by atoms with Gasteiger partial charge in [-0.1, -0.05) is 38.5 Å². The lowest BCUT2D eigenvalue weighted by Gasteiger charge is -2.35. The van der Waals surface area contributed by atoms with E-state index in [9.17, 15) is 24.0 Å². The van der Waals surface area contributed by atoms with Crippen molar-refractivity contribution in [3.8, 4) is 0 Å². The molecule has 39 heavy (non-hydrogen) atoms. The summed E-state index contributed by atoms with van der Waals surface area (Å²) in [6.45, 7) is 5.67. The Balaban J connectivity index is 0.00000170. The summed E-state index contributed by atoms with van der Waals surface area (Å²) in [5.41, 5.74) is 4.53. The van der Waals surface area contributed by atoms with Crippen LogP contribution in [0.1, 0.15) is 91.4 Å². The third-order valence-electron chi connectivity index (χ3n) is 7.57. The Morgan fingerprint density at radius 1 is 0.923 bits per heavy atom. The molecule has 0 aromatic carbocycles. The predicted octanol–water partition coefficient (Wildman–Crippen LogP) is 3.60. The lowest BCUT2D eigenvalue weighted by molar-refractivity contribution is -0.143. The number of alkyl carbamates (subject to hydrolysis) is 1. The fraction of sp³-hybridized carbons (Fsp3) is 0.815. The number of nitrogens with one attached hydrogen (secondary N) is 2. The molecule has 3 atom stereocenters. The molecule has 0 bridgehead atoms. The van der Waals surface area contributed by atoms with Crippen LogP contribution in [-0.2, 0) is 23.9 Å². The molecule has 12 heteroatoms. The standard InChI is InChI=1S/C26H42N4O6.CH2Cl2/c1-26(2,3)36-25(35)29-20(17-11-5-4-6-12-17)24(34)30-14-8-13-19(30)23(33)28-18(21(31)22(27)32)15-16-9-7-10-16;2-1-3/h16-20H,4-15H2,1-3H3,(H2,27,32)(H,28,33)(H,29,35);1H2/t18?,19-,20-;/m0./s1. The number of nitrogens with zero attached hydrogens (tertiary/aromatic N) is 1. The smallest absolute Gasteiger partial charge is 0.408 e. The summed E-state index contributed by atoms with van der Waals surface area (Å²) in [6, 6.07) is -2.54. The molecule has 1 heterocycles. The van der Waals surface area contributed by atoms with E-state index in [2.05, 4.69) is 10.6 Å². The van der Waals surface area contributed by atoms with E-state index in [0.29, 0.717) is 25.8 Å². The molecule has 3 aliphatic rings. The highest BCUT2D eigenvalue weighted by molar-refractivity contribution is 6.40. The first kappa shape index (κ1) is 33.1. The van der Waals surface area contributed by atoms with Gasteiger partial charge >= 0.3 is 6.09 Å². The number of hydrogen-bond acceptors (Lipinski definition) is 6. The van der Waals surface area contributed by atoms with Crippen LogP contribution in [0.2, 0.25) is 0 Å². The van der Waals surface area contributed by atoms with E-state index in [1.807, 2.05) is 0 Å². The van der Waals surface area contributed by atoms with Gasteiger partial charge in [0, 0.05) is 6.54 Å². The molecule has 3 fully saturated rings. The molecule has 0 aromatic heterocycles. The summed E-state index contributed by atoms with van der Waals surface area (Å²) in [4.78, 5) is 65.1. The fourth-order valence-corrected chi connectivity index (χ4v) is 5.50. The molecule has 10 nitrogen and oxygen atoms in total. The van der Waals surface area contributed by atoms with Crippen LogP contribution in [0.3, 0.4) is 0 Å². The van der Waals surface area contributed by atoms with E-state index < -0.39 is 47.4 Å². The summed E-state index contributed by atoms with van der Waals surface area (Å²) in [7, 11) is 0. The number of hydrogen-bond donors (Lipinski definition) is 3. The first-order valence-electron chi connectivity index (χ1n) is 13.9. The lowest BCUT2D eigenvalue weighted by Crippen LogP contribution is -2.58. The second-order valence-electron chi connectivity index (χ2n) is 11.6. The second-order valence-corrected chi connectivity index (χ2v) is 12.4. The summed E-state index contributed by atoms with van der Waals surface area (Å²) in [6.07, 6.45) is 8.44. The number of primary amides is 1. The molecule has 0 radical (unpaired) electrons. The van der Waals surface area contributed by atoms with Crippen LogP contribution in [0.25, 0.3) is 0 Å². The lowest BCUT2D eigenvalue weighted by atomic mass is 9.80. The SMILES string of the molecule is CC(C)(C)OC(=O)N[C@H](C(=O)N1CCC[C@H]1C(=O)NC(CC1CCC1)C(=O)C(N)=O)C1CCCCC1.ClCCl. The monoisotopic (exact) mass is 590 g/mol. The van der Waals surface area contributed by atoms with E-state index in [4.69, 9.17) is 33.7 Å². The van der Waals surface area contributed by atoms with Gasteiger partial charge in [-0.05, 0) is 64.7 Å². The zero-order valence-corrected chi connectivity index (χ0v) is 24.8. The molecule has 4 amide bonds. The minimum absolute atomic E-state index is 0.0362. The van der Waals surface area contributed by atoms with Crippen LogP contribution in [0.4, 0.5) is 4.79 Å². The van der Waals surface area contributed by atoms with Crippen molar-refractivity contribution in [3.05, 3.63) is 0 Å². The van der Waals surface area contributed by atoms with Crippen LogP contribution in [0, 0.1) is 11.8 Å². The van der Waals surface area contributed by atoms with E-state index >= 15 is 0 Å². The van der Waals surface area contributed by atoms with Gasteiger partial charge in [-0.2, -0.15) is 0 Å². The zero-order valence-electron chi connectivity index (χ0n) is 23.3. The number of halogens is 2. The van der Waals surface area contributed by atoms with Crippen molar-refractivity contribution in [2.24, 2.45) is 17.6 Å². The molecule has 2 saturated carbocycles. The van der Waals surface area contributed by atoms with Gasteiger partial charge in [0.25, 0.3) is 5.91 Å². The molecule has 222 valence electrons. The minimum Gasteiger partial charge on any atom is -0.444 e. The molecule has 2 aliphatic carbocycles.